The lowest BCUT2D eigenvalue weighted by Crippen LogP contribution is -2.32. The smallest absolute Gasteiger partial charge is 0.295 e. The first-order valence-electron chi connectivity index (χ1n) is 11.9. The van der Waals surface area contributed by atoms with Gasteiger partial charge in [0.05, 0.1) is 23.2 Å². The lowest BCUT2D eigenvalue weighted by Gasteiger charge is -2.27. The molecule has 1 heterocycles. The maximum atomic E-state index is 13.2. The third-order valence-corrected chi connectivity index (χ3v) is 6.44. The van der Waals surface area contributed by atoms with Crippen molar-refractivity contribution >= 4 is 29.1 Å². The van der Waals surface area contributed by atoms with Gasteiger partial charge in [0.25, 0.3) is 11.7 Å². The lowest BCUT2D eigenvalue weighted by molar-refractivity contribution is -0.139. The Morgan fingerprint density at radius 3 is 2.31 bits per heavy atom. The van der Waals surface area contributed by atoms with E-state index in [2.05, 4.69) is 20.8 Å². The second-order valence-corrected chi connectivity index (χ2v) is 10.5. The van der Waals surface area contributed by atoms with Gasteiger partial charge in [-0.2, -0.15) is 0 Å². The Bertz CT molecular complexity index is 1120. The zero-order valence-electron chi connectivity index (χ0n) is 21.4. The van der Waals surface area contributed by atoms with Crippen LogP contribution in [-0.2, 0) is 15.0 Å². The standard InChI is InChI=1S/C28H35ClN2O4/c1-7-35-22-14-11-19(17-21(22)29)25(32)23-24(18-9-12-20(13-10-18)28(2,3)4)31(27(34)26(23)33)16-8-15-30(5)6/h9-14,17,24,32H,7-8,15-16H2,1-6H3/t24-/m1/s1. The Labute approximate surface area is 213 Å². The predicted octanol–water partition coefficient (Wildman–Crippen LogP) is 5.41. The van der Waals surface area contributed by atoms with Gasteiger partial charge in [-0.25, -0.2) is 0 Å². The minimum Gasteiger partial charge on any atom is -0.507 e. The van der Waals surface area contributed by atoms with Crippen molar-refractivity contribution < 1.29 is 19.4 Å². The van der Waals surface area contributed by atoms with Crippen molar-refractivity contribution in [2.75, 3.05) is 33.8 Å². The van der Waals surface area contributed by atoms with Crippen molar-refractivity contribution in [3.63, 3.8) is 0 Å². The number of aliphatic hydroxyl groups excluding tert-OH is 1. The number of likely N-dealkylation sites (tertiary alicyclic amines) is 1. The number of ketones is 1. The Hall–Kier alpha value is -2.83. The van der Waals surface area contributed by atoms with Gasteiger partial charge in [0.15, 0.2) is 0 Å². The van der Waals surface area contributed by atoms with Gasteiger partial charge in [-0.3, -0.25) is 9.59 Å². The lowest BCUT2D eigenvalue weighted by atomic mass is 9.85. The minimum absolute atomic E-state index is 0.0366. The number of halogens is 1. The molecule has 188 valence electrons. The summed E-state index contributed by atoms with van der Waals surface area (Å²) in [6.07, 6.45) is 0.700. The zero-order chi connectivity index (χ0) is 25.9. The molecule has 1 amide bonds. The van der Waals surface area contributed by atoms with Crippen LogP contribution in [0.4, 0.5) is 0 Å². The van der Waals surface area contributed by atoms with Crippen LogP contribution in [0.2, 0.25) is 5.02 Å². The van der Waals surface area contributed by atoms with Gasteiger partial charge in [0.1, 0.15) is 11.5 Å². The summed E-state index contributed by atoms with van der Waals surface area (Å²) in [6.45, 7) is 9.87. The molecule has 0 aromatic heterocycles. The van der Waals surface area contributed by atoms with Crippen LogP contribution in [0.5, 0.6) is 5.75 Å². The van der Waals surface area contributed by atoms with Gasteiger partial charge in [-0.15, -0.1) is 0 Å². The number of nitrogens with zero attached hydrogens (tertiary/aromatic N) is 2. The van der Waals surface area contributed by atoms with E-state index < -0.39 is 17.7 Å². The van der Waals surface area contributed by atoms with Crippen molar-refractivity contribution in [2.45, 2.75) is 45.6 Å². The van der Waals surface area contributed by atoms with E-state index in [1.165, 1.54) is 0 Å². The third-order valence-electron chi connectivity index (χ3n) is 6.14. The topological polar surface area (TPSA) is 70.1 Å². The molecule has 0 unspecified atom stereocenters. The highest BCUT2D eigenvalue weighted by Crippen LogP contribution is 2.41. The summed E-state index contributed by atoms with van der Waals surface area (Å²) in [5, 5.41) is 11.6. The van der Waals surface area contributed by atoms with Crippen molar-refractivity contribution in [2.24, 2.45) is 0 Å². The van der Waals surface area contributed by atoms with Crippen molar-refractivity contribution in [1.29, 1.82) is 0 Å². The van der Waals surface area contributed by atoms with Crippen LogP contribution in [0.15, 0.2) is 48.0 Å². The van der Waals surface area contributed by atoms with E-state index in [1.807, 2.05) is 50.2 Å². The van der Waals surface area contributed by atoms with E-state index in [-0.39, 0.29) is 16.7 Å². The number of amides is 1. The first-order chi connectivity index (χ1) is 16.5. The fourth-order valence-corrected chi connectivity index (χ4v) is 4.49. The molecule has 3 rings (SSSR count). The van der Waals surface area contributed by atoms with Crippen LogP contribution in [0.3, 0.4) is 0 Å². The number of benzene rings is 2. The molecule has 6 nitrogen and oxygen atoms in total. The largest absolute Gasteiger partial charge is 0.507 e. The van der Waals surface area contributed by atoms with Crippen LogP contribution >= 0.6 is 11.6 Å². The van der Waals surface area contributed by atoms with Gasteiger partial charge in [-0.1, -0.05) is 56.6 Å². The summed E-state index contributed by atoms with van der Waals surface area (Å²) in [5.74, 6) is -1.05. The molecule has 0 bridgehead atoms. The molecule has 1 aliphatic heterocycles. The van der Waals surface area contributed by atoms with Gasteiger partial charge in [0.2, 0.25) is 0 Å². The van der Waals surface area contributed by atoms with Gasteiger partial charge >= 0.3 is 0 Å². The maximum Gasteiger partial charge on any atom is 0.295 e. The van der Waals surface area contributed by atoms with Crippen molar-refractivity contribution in [1.82, 2.24) is 9.80 Å². The van der Waals surface area contributed by atoms with E-state index in [1.54, 1.807) is 23.1 Å². The highest BCUT2D eigenvalue weighted by molar-refractivity contribution is 6.46. The summed E-state index contributed by atoms with van der Waals surface area (Å²) in [7, 11) is 3.93. The van der Waals surface area contributed by atoms with Crippen molar-refractivity contribution in [3.8, 4) is 5.75 Å². The molecular weight excluding hydrogens is 464 g/mol. The number of ether oxygens (including phenoxy) is 1. The molecule has 0 aliphatic carbocycles. The van der Waals surface area contributed by atoms with E-state index in [0.29, 0.717) is 35.9 Å². The summed E-state index contributed by atoms with van der Waals surface area (Å²) in [6, 6.07) is 12.1. The fourth-order valence-electron chi connectivity index (χ4n) is 4.26. The monoisotopic (exact) mass is 498 g/mol. The van der Waals surface area contributed by atoms with Crippen molar-refractivity contribution in [3.05, 3.63) is 69.8 Å². The molecule has 1 aliphatic rings. The van der Waals surface area contributed by atoms with E-state index in [4.69, 9.17) is 16.3 Å². The highest BCUT2D eigenvalue weighted by atomic mass is 35.5. The molecule has 2 aromatic carbocycles. The van der Waals surface area contributed by atoms with Gasteiger partial charge in [-0.05, 0) is 68.7 Å². The number of Topliss-reactive ketones (excluding diaryl/α,β-unsaturated/α-hetero) is 1. The predicted molar refractivity (Wildman–Crippen MR) is 140 cm³/mol. The van der Waals surface area contributed by atoms with Crippen LogP contribution in [0.25, 0.3) is 5.76 Å². The Balaban J connectivity index is 2.10. The third kappa shape index (κ3) is 5.88. The SMILES string of the molecule is CCOc1ccc(C(O)=C2C(=O)C(=O)N(CCCN(C)C)[C@@H]2c2ccc(C(C)(C)C)cc2)cc1Cl. The van der Waals surface area contributed by atoms with Crippen LogP contribution in [-0.4, -0.2) is 60.4 Å². The van der Waals surface area contributed by atoms with E-state index in [0.717, 1.165) is 17.7 Å². The number of carbonyl (C=O) groups excluding carboxylic acids is 2. The van der Waals surface area contributed by atoms with E-state index in [9.17, 15) is 14.7 Å². The molecule has 2 aromatic rings. The van der Waals surface area contributed by atoms with Crippen LogP contribution in [0.1, 0.15) is 56.8 Å². The molecule has 0 spiro atoms. The normalized spacial score (nSPS) is 17.9. The minimum atomic E-state index is -0.692. The first-order valence-corrected chi connectivity index (χ1v) is 12.3. The number of carbonyl (C=O) groups is 2. The summed E-state index contributed by atoms with van der Waals surface area (Å²) >= 11 is 6.34. The number of hydrogen-bond acceptors (Lipinski definition) is 5. The van der Waals surface area contributed by atoms with Crippen LogP contribution < -0.4 is 4.74 Å². The molecule has 1 N–H and O–H groups in total. The first kappa shape index (κ1) is 26.8. The molecule has 1 atom stereocenters. The second-order valence-electron chi connectivity index (χ2n) is 10.1. The summed E-state index contributed by atoms with van der Waals surface area (Å²) < 4.78 is 5.48. The Morgan fingerprint density at radius 1 is 1.11 bits per heavy atom. The number of hydrogen-bond donors (Lipinski definition) is 1. The molecule has 7 heteroatoms. The average molecular weight is 499 g/mol. The summed E-state index contributed by atoms with van der Waals surface area (Å²) in [5.41, 5.74) is 2.32. The fraction of sp³-hybridized carbons (Fsp3) is 0.429. The second kappa shape index (κ2) is 10.8. The van der Waals surface area contributed by atoms with E-state index >= 15 is 0 Å². The highest BCUT2D eigenvalue weighted by Gasteiger charge is 2.45. The average Bonchev–Trinajstić information content (AvgIpc) is 3.04. The molecule has 35 heavy (non-hydrogen) atoms. The zero-order valence-corrected chi connectivity index (χ0v) is 22.1. The molecular formula is C28H35ClN2O4. The molecule has 1 fully saturated rings. The molecule has 0 radical (unpaired) electrons. The maximum absolute atomic E-state index is 13.2. The quantitative estimate of drug-likeness (QED) is 0.299. The molecule has 1 saturated heterocycles. The number of rotatable bonds is 8. The Morgan fingerprint density at radius 2 is 1.77 bits per heavy atom. The van der Waals surface area contributed by atoms with Crippen LogP contribution in [0, 0.1) is 0 Å². The van der Waals surface area contributed by atoms with Gasteiger partial charge < -0.3 is 19.6 Å². The van der Waals surface area contributed by atoms with Gasteiger partial charge in [0, 0.05) is 12.1 Å². The Kier molecular flexibility index (Phi) is 8.29. The number of aliphatic hydroxyl groups is 1. The molecule has 0 saturated carbocycles. The summed E-state index contributed by atoms with van der Waals surface area (Å²) in [4.78, 5) is 29.9.